The van der Waals surface area contributed by atoms with Crippen LogP contribution in [0.5, 0.6) is 11.5 Å². The highest BCUT2D eigenvalue weighted by Crippen LogP contribution is 2.20. The number of benzene rings is 1. The second-order valence-electron chi connectivity index (χ2n) is 6.26. The Morgan fingerprint density at radius 3 is 2.60 bits per heavy atom. The quantitative estimate of drug-likeness (QED) is 0.775. The minimum atomic E-state index is 0.535. The zero-order chi connectivity index (χ0) is 17.5. The van der Waals surface area contributed by atoms with Gasteiger partial charge in [-0.2, -0.15) is 10.1 Å². The Labute approximate surface area is 148 Å². The average molecular weight is 343 g/mol. The summed E-state index contributed by atoms with van der Waals surface area (Å²) in [6.07, 6.45) is 4.00. The molecule has 0 aliphatic carbocycles. The van der Waals surface area contributed by atoms with Gasteiger partial charge in [-0.15, -0.1) is 5.10 Å². The molecule has 0 amide bonds. The second-order valence-corrected chi connectivity index (χ2v) is 6.26. The SMILES string of the molecule is COc1ccc(OCCNc2cnnc(N3CCC(C)CC3)n2)cc1. The van der Waals surface area contributed by atoms with Crippen molar-refractivity contribution in [3.8, 4) is 11.5 Å². The summed E-state index contributed by atoms with van der Waals surface area (Å²) in [5.74, 6) is 3.83. The van der Waals surface area contributed by atoms with Crippen molar-refractivity contribution in [2.24, 2.45) is 5.92 Å². The van der Waals surface area contributed by atoms with Crippen LogP contribution in [0.1, 0.15) is 19.8 Å². The highest BCUT2D eigenvalue weighted by Gasteiger charge is 2.18. The number of methoxy groups -OCH3 is 1. The maximum atomic E-state index is 5.69. The number of rotatable bonds is 7. The van der Waals surface area contributed by atoms with Gasteiger partial charge in [0.25, 0.3) is 0 Å². The van der Waals surface area contributed by atoms with Crippen molar-refractivity contribution in [1.29, 1.82) is 0 Å². The third-order valence-electron chi connectivity index (χ3n) is 4.35. The summed E-state index contributed by atoms with van der Waals surface area (Å²) in [6.45, 7) is 5.45. The van der Waals surface area contributed by atoms with Gasteiger partial charge in [-0.25, -0.2) is 0 Å². The van der Waals surface area contributed by atoms with E-state index in [4.69, 9.17) is 9.47 Å². The topological polar surface area (TPSA) is 72.4 Å². The molecule has 1 aliphatic rings. The van der Waals surface area contributed by atoms with Gasteiger partial charge in [0.1, 0.15) is 18.1 Å². The monoisotopic (exact) mass is 343 g/mol. The number of anilines is 2. The molecule has 3 rings (SSSR count). The van der Waals surface area contributed by atoms with Crippen molar-refractivity contribution in [3.05, 3.63) is 30.5 Å². The van der Waals surface area contributed by atoms with Crippen LogP contribution in [0.25, 0.3) is 0 Å². The average Bonchev–Trinajstić information content (AvgIpc) is 2.66. The molecule has 7 nitrogen and oxygen atoms in total. The van der Waals surface area contributed by atoms with E-state index in [-0.39, 0.29) is 0 Å². The Morgan fingerprint density at radius 2 is 1.88 bits per heavy atom. The van der Waals surface area contributed by atoms with Crippen LogP contribution in [0.2, 0.25) is 0 Å². The lowest BCUT2D eigenvalue weighted by Crippen LogP contribution is -2.34. The van der Waals surface area contributed by atoms with Crippen LogP contribution in [-0.2, 0) is 0 Å². The van der Waals surface area contributed by atoms with Crippen LogP contribution in [0.15, 0.2) is 30.5 Å². The van der Waals surface area contributed by atoms with E-state index >= 15 is 0 Å². The molecule has 1 saturated heterocycles. The fourth-order valence-corrected chi connectivity index (χ4v) is 2.74. The van der Waals surface area contributed by atoms with E-state index in [9.17, 15) is 0 Å². The molecule has 1 aliphatic heterocycles. The van der Waals surface area contributed by atoms with Crippen molar-refractivity contribution in [2.45, 2.75) is 19.8 Å². The van der Waals surface area contributed by atoms with Crippen molar-refractivity contribution in [2.75, 3.05) is 43.6 Å². The van der Waals surface area contributed by atoms with Crippen molar-refractivity contribution in [3.63, 3.8) is 0 Å². The molecule has 0 saturated carbocycles. The Bertz CT molecular complexity index is 657. The first-order valence-electron chi connectivity index (χ1n) is 8.70. The molecule has 7 heteroatoms. The third-order valence-corrected chi connectivity index (χ3v) is 4.35. The van der Waals surface area contributed by atoms with Gasteiger partial charge in [-0.3, -0.25) is 0 Å². The van der Waals surface area contributed by atoms with Crippen LogP contribution in [-0.4, -0.2) is 48.5 Å². The minimum Gasteiger partial charge on any atom is -0.497 e. The van der Waals surface area contributed by atoms with Gasteiger partial charge >= 0.3 is 0 Å². The smallest absolute Gasteiger partial charge is 0.247 e. The Morgan fingerprint density at radius 1 is 1.16 bits per heavy atom. The molecule has 134 valence electrons. The molecule has 25 heavy (non-hydrogen) atoms. The lowest BCUT2D eigenvalue weighted by Gasteiger charge is -2.29. The summed E-state index contributed by atoms with van der Waals surface area (Å²) in [7, 11) is 1.65. The maximum absolute atomic E-state index is 5.69. The molecule has 0 unspecified atom stereocenters. The van der Waals surface area contributed by atoms with E-state index in [1.54, 1.807) is 13.3 Å². The zero-order valence-corrected chi connectivity index (χ0v) is 14.8. The fourth-order valence-electron chi connectivity index (χ4n) is 2.74. The van der Waals surface area contributed by atoms with Gasteiger partial charge in [-0.05, 0) is 43.0 Å². The predicted molar refractivity (Wildman–Crippen MR) is 97.4 cm³/mol. The normalized spacial score (nSPS) is 15.0. The van der Waals surface area contributed by atoms with E-state index in [0.717, 1.165) is 36.3 Å². The maximum Gasteiger partial charge on any atom is 0.247 e. The Hall–Kier alpha value is -2.57. The molecule has 1 fully saturated rings. The van der Waals surface area contributed by atoms with E-state index < -0.39 is 0 Å². The summed E-state index contributed by atoms with van der Waals surface area (Å²) in [6, 6.07) is 7.53. The Kier molecular flexibility index (Phi) is 5.87. The summed E-state index contributed by atoms with van der Waals surface area (Å²) < 4.78 is 10.8. The van der Waals surface area contributed by atoms with Crippen molar-refractivity contribution < 1.29 is 9.47 Å². The van der Waals surface area contributed by atoms with Crippen LogP contribution in [0.4, 0.5) is 11.8 Å². The molecule has 0 spiro atoms. The highest BCUT2D eigenvalue weighted by molar-refractivity contribution is 5.39. The number of piperidine rings is 1. The van der Waals surface area contributed by atoms with Gasteiger partial charge in [0.05, 0.1) is 19.9 Å². The molecule has 0 bridgehead atoms. The van der Waals surface area contributed by atoms with E-state index in [1.807, 2.05) is 24.3 Å². The van der Waals surface area contributed by atoms with E-state index in [0.29, 0.717) is 19.1 Å². The molecule has 1 aromatic carbocycles. The number of hydrogen-bond acceptors (Lipinski definition) is 7. The molecule has 2 heterocycles. The standard InChI is InChI=1S/C18H25N5O2/c1-14-7-10-23(11-8-14)18-21-17(13-20-22-18)19-9-12-25-16-5-3-15(24-2)4-6-16/h3-6,13-14H,7-12H2,1-2H3,(H,19,21,22). The van der Waals surface area contributed by atoms with Gasteiger partial charge in [0.2, 0.25) is 5.95 Å². The number of ether oxygens (including phenoxy) is 2. The summed E-state index contributed by atoms with van der Waals surface area (Å²) in [5.41, 5.74) is 0. The highest BCUT2D eigenvalue weighted by atomic mass is 16.5. The van der Waals surface area contributed by atoms with Crippen molar-refractivity contribution in [1.82, 2.24) is 15.2 Å². The van der Waals surface area contributed by atoms with Crippen LogP contribution < -0.4 is 19.7 Å². The van der Waals surface area contributed by atoms with Crippen LogP contribution in [0, 0.1) is 5.92 Å². The van der Waals surface area contributed by atoms with Gasteiger partial charge in [0.15, 0.2) is 5.82 Å². The Balaban J connectivity index is 1.45. The van der Waals surface area contributed by atoms with Crippen molar-refractivity contribution >= 4 is 11.8 Å². The molecular formula is C18H25N5O2. The first-order chi connectivity index (χ1) is 12.2. The largest absolute Gasteiger partial charge is 0.497 e. The van der Waals surface area contributed by atoms with Gasteiger partial charge < -0.3 is 19.7 Å². The van der Waals surface area contributed by atoms with Crippen LogP contribution in [0.3, 0.4) is 0 Å². The number of nitrogens with one attached hydrogen (secondary N) is 1. The first-order valence-corrected chi connectivity index (χ1v) is 8.70. The number of hydrogen-bond donors (Lipinski definition) is 1. The fraction of sp³-hybridized carbons (Fsp3) is 0.500. The summed E-state index contributed by atoms with van der Waals surface area (Å²) in [5, 5.41) is 11.5. The molecule has 0 atom stereocenters. The molecular weight excluding hydrogens is 318 g/mol. The van der Waals surface area contributed by atoms with Crippen LogP contribution >= 0.6 is 0 Å². The lowest BCUT2D eigenvalue weighted by atomic mass is 10.00. The third kappa shape index (κ3) is 4.95. The molecule has 1 aromatic heterocycles. The number of nitrogens with zero attached hydrogens (tertiary/aromatic N) is 4. The van der Waals surface area contributed by atoms with E-state index in [1.165, 1.54) is 12.8 Å². The number of aromatic nitrogens is 3. The summed E-state index contributed by atoms with van der Waals surface area (Å²) in [4.78, 5) is 6.76. The second kappa shape index (κ2) is 8.50. The summed E-state index contributed by atoms with van der Waals surface area (Å²) >= 11 is 0. The van der Waals surface area contributed by atoms with E-state index in [2.05, 4.69) is 32.3 Å². The zero-order valence-electron chi connectivity index (χ0n) is 14.8. The van der Waals surface area contributed by atoms with Gasteiger partial charge in [0, 0.05) is 13.1 Å². The van der Waals surface area contributed by atoms with Gasteiger partial charge in [-0.1, -0.05) is 6.92 Å². The lowest BCUT2D eigenvalue weighted by molar-refractivity contribution is 0.331. The molecule has 2 aromatic rings. The predicted octanol–water partition coefficient (Wildman–Crippen LogP) is 2.61. The first kappa shape index (κ1) is 17.3. The molecule has 1 N–H and O–H groups in total. The molecule has 0 radical (unpaired) electrons. The minimum absolute atomic E-state index is 0.535.